The number of rotatable bonds is 3. The molecule has 0 radical (unpaired) electrons. The highest BCUT2D eigenvalue weighted by molar-refractivity contribution is 5.85. The van der Waals surface area contributed by atoms with Gasteiger partial charge in [0, 0.05) is 27.2 Å². The predicted octanol–water partition coefficient (Wildman–Crippen LogP) is 0.241. The summed E-state index contributed by atoms with van der Waals surface area (Å²) in [6.45, 7) is 1.57. The lowest BCUT2D eigenvalue weighted by atomic mass is 10.6. The van der Waals surface area contributed by atoms with Crippen LogP contribution in [0.15, 0.2) is 0 Å². The zero-order valence-corrected chi connectivity index (χ0v) is 8.94. The van der Waals surface area contributed by atoms with Crippen molar-refractivity contribution in [2.24, 2.45) is 0 Å². The van der Waals surface area contributed by atoms with Gasteiger partial charge < -0.3 is 15.1 Å². The first-order chi connectivity index (χ1) is 5.04. The van der Waals surface area contributed by atoms with E-state index in [4.69, 9.17) is 0 Å². The first-order valence-electron chi connectivity index (χ1n) is 3.64. The zero-order chi connectivity index (χ0) is 8.85. The van der Waals surface area contributed by atoms with Gasteiger partial charge in [0.05, 0.1) is 0 Å². The highest BCUT2D eigenvalue weighted by Crippen LogP contribution is 1.76. The molecule has 0 bridgehead atoms. The summed E-state index contributed by atoms with van der Waals surface area (Å²) in [6.07, 6.45) is 0. The molecular weight excluding hydrogens is 178 g/mol. The molecule has 0 aromatic carbocycles. The second kappa shape index (κ2) is 7.18. The van der Waals surface area contributed by atoms with Gasteiger partial charge in [-0.1, -0.05) is 0 Å². The molecule has 0 rings (SSSR count). The maximum Gasteiger partial charge on any atom is 0.316 e. The van der Waals surface area contributed by atoms with Gasteiger partial charge in [0.15, 0.2) is 0 Å². The van der Waals surface area contributed by atoms with Crippen molar-refractivity contribution in [1.82, 2.24) is 15.1 Å². The summed E-state index contributed by atoms with van der Waals surface area (Å²) in [6, 6.07) is -0.0353. The van der Waals surface area contributed by atoms with E-state index in [2.05, 4.69) is 5.32 Å². The number of nitrogens with zero attached hydrogens (tertiary/aromatic N) is 2. The summed E-state index contributed by atoms with van der Waals surface area (Å²) in [5, 5.41) is 2.76. The van der Waals surface area contributed by atoms with Gasteiger partial charge >= 0.3 is 6.03 Å². The number of hydrogen-bond acceptors (Lipinski definition) is 2. The largest absolute Gasteiger partial charge is 0.337 e. The van der Waals surface area contributed by atoms with Gasteiger partial charge in [-0.2, -0.15) is 0 Å². The minimum absolute atomic E-state index is 0. The molecule has 0 atom stereocenters. The van der Waals surface area contributed by atoms with Crippen LogP contribution in [-0.2, 0) is 0 Å². The van der Waals surface area contributed by atoms with Gasteiger partial charge in [0.2, 0.25) is 0 Å². The van der Waals surface area contributed by atoms with E-state index >= 15 is 0 Å². The first-order valence-corrected chi connectivity index (χ1v) is 3.64. The number of amides is 2. The summed E-state index contributed by atoms with van der Waals surface area (Å²) in [5.41, 5.74) is 0. The molecule has 0 aliphatic heterocycles. The summed E-state index contributed by atoms with van der Waals surface area (Å²) in [4.78, 5) is 14.5. The van der Waals surface area contributed by atoms with Crippen LogP contribution < -0.4 is 5.32 Å². The molecule has 0 saturated heterocycles. The van der Waals surface area contributed by atoms with Crippen LogP contribution in [-0.4, -0.2) is 57.1 Å². The second-order valence-electron chi connectivity index (χ2n) is 2.93. The van der Waals surface area contributed by atoms with E-state index in [0.717, 1.165) is 6.54 Å². The van der Waals surface area contributed by atoms with Crippen molar-refractivity contribution in [2.45, 2.75) is 0 Å². The van der Waals surface area contributed by atoms with E-state index in [1.165, 1.54) is 4.90 Å². The van der Waals surface area contributed by atoms with Crippen molar-refractivity contribution in [2.75, 3.05) is 41.3 Å². The SMILES string of the molecule is CN(C)CCNC(=O)N(C)C.Cl. The topological polar surface area (TPSA) is 35.6 Å². The molecule has 1 N–H and O–H groups in total. The molecule has 0 aromatic rings. The fourth-order valence-corrected chi connectivity index (χ4v) is 0.545. The highest BCUT2D eigenvalue weighted by atomic mass is 35.5. The molecule has 74 valence electrons. The number of hydrogen-bond donors (Lipinski definition) is 1. The Morgan fingerprint density at radius 2 is 1.75 bits per heavy atom. The molecule has 4 nitrogen and oxygen atoms in total. The number of nitrogens with one attached hydrogen (secondary N) is 1. The molecular formula is C7H18ClN3O. The quantitative estimate of drug-likeness (QED) is 0.701. The van der Waals surface area contributed by atoms with Gasteiger partial charge in [0.25, 0.3) is 0 Å². The summed E-state index contributed by atoms with van der Waals surface area (Å²) in [7, 11) is 7.40. The fraction of sp³-hybridized carbons (Fsp3) is 0.857. The molecule has 0 aromatic heterocycles. The van der Waals surface area contributed by atoms with E-state index in [9.17, 15) is 4.79 Å². The van der Waals surface area contributed by atoms with Crippen LogP contribution in [0.2, 0.25) is 0 Å². The highest BCUT2D eigenvalue weighted by Gasteiger charge is 2.00. The third kappa shape index (κ3) is 7.63. The Labute approximate surface area is 80.3 Å². The maximum atomic E-state index is 10.9. The minimum atomic E-state index is -0.0353. The average molecular weight is 196 g/mol. The van der Waals surface area contributed by atoms with Crippen LogP contribution in [0.4, 0.5) is 4.79 Å². The smallest absolute Gasteiger partial charge is 0.316 e. The monoisotopic (exact) mass is 195 g/mol. The normalized spacial score (nSPS) is 9.08. The third-order valence-electron chi connectivity index (χ3n) is 1.24. The van der Waals surface area contributed by atoms with Crippen molar-refractivity contribution >= 4 is 18.4 Å². The lowest BCUT2D eigenvalue weighted by Crippen LogP contribution is -2.38. The Morgan fingerprint density at radius 1 is 1.25 bits per heavy atom. The maximum absolute atomic E-state index is 10.9. The Kier molecular flexibility index (Phi) is 8.42. The summed E-state index contributed by atoms with van der Waals surface area (Å²) < 4.78 is 0. The van der Waals surface area contributed by atoms with Gasteiger partial charge in [-0.25, -0.2) is 4.79 Å². The number of carbonyl (C=O) groups excluding carboxylic acids is 1. The average Bonchev–Trinajstić information content (AvgIpc) is 1.86. The first kappa shape index (κ1) is 14.1. The van der Waals surface area contributed by atoms with Gasteiger partial charge in [-0.15, -0.1) is 12.4 Å². The molecule has 0 fully saturated rings. The molecule has 5 heteroatoms. The second-order valence-corrected chi connectivity index (χ2v) is 2.93. The van der Waals surface area contributed by atoms with Crippen LogP contribution in [0, 0.1) is 0 Å². The van der Waals surface area contributed by atoms with E-state index in [1.54, 1.807) is 14.1 Å². The summed E-state index contributed by atoms with van der Waals surface area (Å²) in [5.74, 6) is 0. The molecule has 0 spiro atoms. The number of likely N-dealkylation sites (N-methyl/N-ethyl adjacent to an activating group) is 1. The molecule has 0 unspecified atom stereocenters. The number of carbonyl (C=O) groups is 1. The van der Waals surface area contributed by atoms with Gasteiger partial charge in [0.1, 0.15) is 0 Å². The van der Waals surface area contributed by atoms with Crippen LogP contribution in [0.5, 0.6) is 0 Å². The van der Waals surface area contributed by atoms with Crippen LogP contribution in [0.3, 0.4) is 0 Å². The van der Waals surface area contributed by atoms with Crippen LogP contribution in [0.1, 0.15) is 0 Å². The van der Waals surface area contributed by atoms with Crippen molar-refractivity contribution < 1.29 is 4.79 Å². The minimum Gasteiger partial charge on any atom is -0.337 e. The standard InChI is InChI=1S/C7H17N3O.ClH/c1-9(2)6-5-8-7(11)10(3)4;/h5-6H2,1-4H3,(H,8,11);1H. The van der Waals surface area contributed by atoms with Crippen LogP contribution >= 0.6 is 12.4 Å². The number of halogens is 1. The Hall–Kier alpha value is -0.480. The third-order valence-corrected chi connectivity index (χ3v) is 1.24. The van der Waals surface area contributed by atoms with Crippen molar-refractivity contribution in [3.63, 3.8) is 0 Å². The predicted molar refractivity (Wildman–Crippen MR) is 52.9 cm³/mol. The Balaban J connectivity index is 0. The van der Waals surface area contributed by atoms with E-state index in [-0.39, 0.29) is 18.4 Å². The van der Waals surface area contributed by atoms with Crippen LogP contribution in [0.25, 0.3) is 0 Å². The van der Waals surface area contributed by atoms with Gasteiger partial charge in [-0.3, -0.25) is 0 Å². The molecule has 0 aliphatic rings. The van der Waals surface area contributed by atoms with E-state index < -0.39 is 0 Å². The summed E-state index contributed by atoms with van der Waals surface area (Å²) >= 11 is 0. The van der Waals surface area contributed by atoms with E-state index in [1.807, 2.05) is 19.0 Å². The van der Waals surface area contributed by atoms with Crippen molar-refractivity contribution in [3.8, 4) is 0 Å². The zero-order valence-electron chi connectivity index (χ0n) is 8.13. The Morgan fingerprint density at radius 3 is 2.08 bits per heavy atom. The van der Waals surface area contributed by atoms with Gasteiger partial charge in [-0.05, 0) is 14.1 Å². The number of urea groups is 1. The molecule has 0 aliphatic carbocycles. The molecule has 12 heavy (non-hydrogen) atoms. The van der Waals surface area contributed by atoms with E-state index in [0.29, 0.717) is 6.54 Å². The Bertz CT molecular complexity index is 128. The molecule has 0 saturated carbocycles. The molecule has 2 amide bonds. The lowest BCUT2D eigenvalue weighted by molar-refractivity contribution is 0.216. The fourth-order valence-electron chi connectivity index (χ4n) is 0.545. The van der Waals surface area contributed by atoms with Crippen molar-refractivity contribution in [3.05, 3.63) is 0 Å². The van der Waals surface area contributed by atoms with Crippen molar-refractivity contribution in [1.29, 1.82) is 0 Å². The lowest BCUT2D eigenvalue weighted by Gasteiger charge is -2.13. The molecule has 0 heterocycles.